The van der Waals surface area contributed by atoms with Gasteiger partial charge in [-0.1, -0.05) is 13.0 Å². The van der Waals surface area contributed by atoms with Crippen molar-refractivity contribution in [1.29, 1.82) is 0 Å². The number of carboxylic acids is 1. The Hall–Kier alpha value is -1.89. The minimum Gasteiger partial charge on any atom is -0.481 e. The van der Waals surface area contributed by atoms with Gasteiger partial charge in [-0.2, -0.15) is 0 Å². The molecule has 1 amide bonds. The monoisotopic (exact) mass is 339 g/mol. The standard InChI is InChI=1S/C16H21NO5S/c1-3-23(21,22)13-7-4-6-12(10-13)14(18)17-9-5-8-16(2,11-17)15(19)20/h4,6-7,10H,3,5,8-9,11H2,1-2H3,(H,19,20). The third-order valence-electron chi connectivity index (χ3n) is 4.32. The number of carboxylic acid groups (broad SMARTS) is 1. The lowest BCUT2D eigenvalue weighted by molar-refractivity contribution is -0.150. The zero-order chi connectivity index (χ0) is 17.3. The summed E-state index contributed by atoms with van der Waals surface area (Å²) in [7, 11) is -3.39. The number of carbonyl (C=O) groups is 2. The first-order valence-corrected chi connectivity index (χ1v) is 9.20. The predicted molar refractivity (Wildman–Crippen MR) is 85.0 cm³/mol. The molecule has 1 N–H and O–H groups in total. The summed E-state index contributed by atoms with van der Waals surface area (Å²) in [6.07, 6.45) is 1.14. The smallest absolute Gasteiger partial charge is 0.311 e. The van der Waals surface area contributed by atoms with E-state index in [-0.39, 0.29) is 28.7 Å². The number of piperidine rings is 1. The van der Waals surface area contributed by atoms with E-state index in [1.807, 2.05) is 0 Å². The molecule has 1 aromatic rings. The lowest BCUT2D eigenvalue weighted by atomic mass is 9.82. The first kappa shape index (κ1) is 17.5. The van der Waals surface area contributed by atoms with Gasteiger partial charge in [0.15, 0.2) is 9.84 Å². The predicted octanol–water partition coefficient (Wildman–Crippen LogP) is 1.81. The molecule has 1 saturated heterocycles. The first-order chi connectivity index (χ1) is 10.7. The third kappa shape index (κ3) is 3.55. The maximum atomic E-state index is 12.6. The van der Waals surface area contributed by atoms with Crippen LogP contribution in [0.25, 0.3) is 0 Å². The lowest BCUT2D eigenvalue weighted by Gasteiger charge is -2.37. The maximum Gasteiger partial charge on any atom is 0.311 e. The summed E-state index contributed by atoms with van der Waals surface area (Å²) in [5.41, 5.74) is -0.685. The van der Waals surface area contributed by atoms with Crippen LogP contribution in [0.3, 0.4) is 0 Å². The van der Waals surface area contributed by atoms with E-state index in [1.165, 1.54) is 23.1 Å². The van der Waals surface area contributed by atoms with Crippen LogP contribution in [-0.2, 0) is 14.6 Å². The Labute approximate surface area is 136 Å². The van der Waals surface area contributed by atoms with Gasteiger partial charge < -0.3 is 10.0 Å². The number of sulfone groups is 1. The van der Waals surface area contributed by atoms with Gasteiger partial charge in [-0.25, -0.2) is 8.42 Å². The Kier molecular flexibility index (Phi) is 4.79. The van der Waals surface area contributed by atoms with Crippen molar-refractivity contribution in [3.63, 3.8) is 0 Å². The Balaban J connectivity index is 2.27. The number of amides is 1. The van der Waals surface area contributed by atoms with Crippen LogP contribution in [0.4, 0.5) is 0 Å². The largest absolute Gasteiger partial charge is 0.481 e. The van der Waals surface area contributed by atoms with E-state index < -0.39 is 21.2 Å². The van der Waals surface area contributed by atoms with Crippen molar-refractivity contribution in [2.75, 3.05) is 18.8 Å². The van der Waals surface area contributed by atoms with E-state index in [4.69, 9.17) is 0 Å². The molecule has 1 unspecified atom stereocenters. The molecule has 0 bridgehead atoms. The lowest BCUT2D eigenvalue weighted by Crippen LogP contribution is -2.48. The van der Waals surface area contributed by atoms with Crippen LogP contribution in [0.15, 0.2) is 29.2 Å². The van der Waals surface area contributed by atoms with Crippen LogP contribution < -0.4 is 0 Å². The van der Waals surface area contributed by atoms with Gasteiger partial charge in [0.05, 0.1) is 16.1 Å². The van der Waals surface area contributed by atoms with Crippen LogP contribution >= 0.6 is 0 Å². The molecular weight excluding hydrogens is 318 g/mol. The number of hydrogen-bond acceptors (Lipinski definition) is 4. The van der Waals surface area contributed by atoms with Crippen molar-refractivity contribution in [2.45, 2.75) is 31.6 Å². The number of aliphatic carboxylic acids is 1. The summed E-state index contributed by atoms with van der Waals surface area (Å²) < 4.78 is 23.9. The van der Waals surface area contributed by atoms with Crippen molar-refractivity contribution in [3.8, 4) is 0 Å². The van der Waals surface area contributed by atoms with Crippen molar-refractivity contribution < 1.29 is 23.1 Å². The summed E-state index contributed by atoms with van der Waals surface area (Å²) in [5.74, 6) is -1.28. The molecule has 6 nitrogen and oxygen atoms in total. The fraction of sp³-hybridized carbons (Fsp3) is 0.500. The molecule has 7 heteroatoms. The molecule has 0 radical (unpaired) electrons. The van der Waals surface area contributed by atoms with Crippen LogP contribution in [-0.4, -0.2) is 49.1 Å². The normalized spacial score (nSPS) is 21.9. The van der Waals surface area contributed by atoms with Gasteiger partial charge in [-0.3, -0.25) is 9.59 Å². The second-order valence-electron chi connectivity index (χ2n) is 6.13. The summed E-state index contributed by atoms with van der Waals surface area (Å²) in [4.78, 5) is 25.6. The van der Waals surface area contributed by atoms with E-state index in [0.717, 1.165) is 0 Å². The Morgan fingerprint density at radius 2 is 2.04 bits per heavy atom. The van der Waals surface area contributed by atoms with Crippen molar-refractivity contribution in [2.24, 2.45) is 5.41 Å². The maximum absolute atomic E-state index is 12.6. The highest BCUT2D eigenvalue weighted by Crippen LogP contribution is 2.30. The summed E-state index contributed by atoms with van der Waals surface area (Å²) in [6.45, 7) is 3.79. The van der Waals surface area contributed by atoms with Crippen LogP contribution in [0, 0.1) is 5.41 Å². The van der Waals surface area contributed by atoms with Crippen molar-refractivity contribution in [3.05, 3.63) is 29.8 Å². The van der Waals surface area contributed by atoms with E-state index in [1.54, 1.807) is 19.9 Å². The van der Waals surface area contributed by atoms with Gasteiger partial charge in [0, 0.05) is 18.7 Å². The average Bonchev–Trinajstić information content (AvgIpc) is 2.54. The molecule has 1 aromatic carbocycles. The number of nitrogens with zero attached hydrogens (tertiary/aromatic N) is 1. The van der Waals surface area contributed by atoms with E-state index in [0.29, 0.717) is 19.4 Å². The molecule has 2 rings (SSSR count). The number of hydrogen-bond donors (Lipinski definition) is 1. The van der Waals surface area contributed by atoms with Gasteiger partial charge in [0.2, 0.25) is 0 Å². The number of likely N-dealkylation sites (tertiary alicyclic amines) is 1. The molecule has 0 spiro atoms. The fourth-order valence-corrected chi connectivity index (χ4v) is 3.68. The number of carbonyl (C=O) groups excluding carboxylic acids is 1. The average molecular weight is 339 g/mol. The van der Waals surface area contributed by atoms with Gasteiger partial charge >= 0.3 is 5.97 Å². The Morgan fingerprint density at radius 1 is 1.35 bits per heavy atom. The highest BCUT2D eigenvalue weighted by Gasteiger charge is 2.39. The second-order valence-corrected chi connectivity index (χ2v) is 8.41. The van der Waals surface area contributed by atoms with Crippen LogP contribution in [0.1, 0.15) is 37.0 Å². The summed E-state index contributed by atoms with van der Waals surface area (Å²) >= 11 is 0. The molecule has 1 aliphatic rings. The van der Waals surface area contributed by atoms with Crippen molar-refractivity contribution in [1.82, 2.24) is 4.90 Å². The van der Waals surface area contributed by atoms with Crippen LogP contribution in [0.5, 0.6) is 0 Å². The molecule has 1 heterocycles. The van der Waals surface area contributed by atoms with E-state index in [2.05, 4.69) is 0 Å². The molecule has 0 saturated carbocycles. The minimum atomic E-state index is -3.39. The van der Waals surface area contributed by atoms with Gasteiger partial charge in [0.1, 0.15) is 0 Å². The zero-order valence-corrected chi connectivity index (χ0v) is 14.1. The highest BCUT2D eigenvalue weighted by molar-refractivity contribution is 7.91. The number of rotatable bonds is 4. The van der Waals surface area contributed by atoms with Gasteiger partial charge in [-0.05, 0) is 38.0 Å². The number of benzene rings is 1. The first-order valence-electron chi connectivity index (χ1n) is 7.55. The molecule has 1 fully saturated rings. The van der Waals surface area contributed by atoms with Crippen molar-refractivity contribution >= 4 is 21.7 Å². The van der Waals surface area contributed by atoms with Crippen LogP contribution in [0.2, 0.25) is 0 Å². The van der Waals surface area contributed by atoms with Gasteiger partial charge in [-0.15, -0.1) is 0 Å². The zero-order valence-electron chi connectivity index (χ0n) is 13.3. The van der Waals surface area contributed by atoms with E-state index in [9.17, 15) is 23.1 Å². The quantitative estimate of drug-likeness (QED) is 0.903. The molecular formula is C16H21NO5S. The van der Waals surface area contributed by atoms with E-state index >= 15 is 0 Å². The second kappa shape index (κ2) is 6.31. The molecule has 0 aliphatic carbocycles. The highest BCUT2D eigenvalue weighted by atomic mass is 32.2. The van der Waals surface area contributed by atoms with Gasteiger partial charge in [0.25, 0.3) is 5.91 Å². The minimum absolute atomic E-state index is 0.0363. The Bertz CT molecular complexity index is 728. The molecule has 23 heavy (non-hydrogen) atoms. The summed E-state index contributed by atoms with van der Waals surface area (Å²) in [6, 6.07) is 5.93. The topological polar surface area (TPSA) is 91.8 Å². The summed E-state index contributed by atoms with van der Waals surface area (Å²) in [5, 5.41) is 9.33. The SMILES string of the molecule is CCS(=O)(=O)c1cccc(C(=O)N2CCCC(C)(C(=O)O)C2)c1. The molecule has 1 aliphatic heterocycles. The molecule has 0 aromatic heterocycles. The molecule has 126 valence electrons. The third-order valence-corrected chi connectivity index (χ3v) is 6.05. The molecule has 1 atom stereocenters. The fourth-order valence-electron chi connectivity index (χ4n) is 2.76. The Morgan fingerprint density at radius 3 is 2.65 bits per heavy atom.